The summed E-state index contributed by atoms with van der Waals surface area (Å²) < 4.78 is 19.4. The lowest BCUT2D eigenvalue weighted by molar-refractivity contribution is -0.142. The number of thiazole rings is 1. The van der Waals surface area contributed by atoms with E-state index in [-0.39, 0.29) is 34.7 Å². The fraction of sp³-hybridized carbons (Fsp3) is 0.304. The van der Waals surface area contributed by atoms with Gasteiger partial charge in [-0.15, -0.1) is 11.3 Å². The highest BCUT2D eigenvalue weighted by Crippen LogP contribution is 2.39. The van der Waals surface area contributed by atoms with E-state index in [9.17, 15) is 19.1 Å². The molecule has 0 radical (unpaired) electrons. The fourth-order valence-electron chi connectivity index (χ4n) is 4.46. The van der Waals surface area contributed by atoms with E-state index in [4.69, 9.17) is 16.3 Å². The molecule has 1 aliphatic carbocycles. The summed E-state index contributed by atoms with van der Waals surface area (Å²) in [5.74, 6) is 4.07. The van der Waals surface area contributed by atoms with E-state index in [1.165, 1.54) is 30.6 Å². The van der Waals surface area contributed by atoms with Crippen molar-refractivity contribution in [3.8, 4) is 11.8 Å². The molecular formula is C23H18ClFN4O4S. The lowest BCUT2D eigenvalue weighted by atomic mass is 9.92. The largest absolute Gasteiger partial charge is 0.480 e. The molecule has 2 aliphatic heterocycles. The topological polar surface area (TPSA) is 104 Å². The minimum Gasteiger partial charge on any atom is -0.480 e. The predicted octanol–water partition coefficient (Wildman–Crippen LogP) is 2.61. The van der Waals surface area contributed by atoms with E-state index in [2.05, 4.69) is 27.1 Å². The van der Waals surface area contributed by atoms with Gasteiger partial charge in [-0.3, -0.25) is 14.7 Å². The number of rotatable bonds is 6. The first-order chi connectivity index (χ1) is 16.4. The van der Waals surface area contributed by atoms with Crippen molar-refractivity contribution >= 4 is 40.7 Å². The SMILES string of the molecule is COC(=O)C1=C(CN2[C@@H]3C#C[C@@H]3C[C@H]2C(=O)O)NC(c2nccs2)=N[C@H]1c1cccc(F)c1Cl. The number of fused-ring (bicyclic) bond motifs is 1. The van der Waals surface area contributed by atoms with Gasteiger partial charge >= 0.3 is 11.9 Å². The van der Waals surface area contributed by atoms with Gasteiger partial charge in [0.05, 0.1) is 23.7 Å². The number of hydrogen-bond acceptors (Lipinski definition) is 8. The number of carboxylic acid groups (broad SMARTS) is 1. The number of carboxylic acids is 1. The van der Waals surface area contributed by atoms with Crippen molar-refractivity contribution in [3.63, 3.8) is 0 Å². The van der Waals surface area contributed by atoms with Crippen LogP contribution in [0.15, 0.2) is 46.0 Å². The van der Waals surface area contributed by atoms with Gasteiger partial charge < -0.3 is 15.2 Å². The van der Waals surface area contributed by atoms with Crippen molar-refractivity contribution < 1.29 is 23.8 Å². The van der Waals surface area contributed by atoms with Crippen LogP contribution >= 0.6 is 22.9 Å². The number of carbonyl (C=O) groups is 2. The molecule has 11 heteroatoms. The Morgan fingerprint density at radius 3 is 2.88 bits per heavy atom. The summed E-state index contributed by atoms with van der Waals surface area (Å²) in [6, 6.07) is 2.31. The number of aliphatic carboxylic acids is 1. The number of likely N-dealkylation sites (tertiary alicyclic amines) is 1. The molecule has 1 fully saturated rings. The molecule has 2 N–H and O–H groups in total. The second-order valence-corrected chi connectivity index (χ2v) is 9.24. The summed E-state index contributed by atoms with van der Waals surface area (Å²) in [5, 5.41) is 15.1. The van der Waals surface area contributed by atoms with E-state index < -0.39 is 29.8 Å². The van der Waals surface area contributed by atoms with Gasteiger partial charge in [0.25, 0.3) is 0 Å². The molecule has 0 spiro atoms. The second kappa shape index (κ2) is 8.83. The number of nitrogens with zero attached hydrogens (tertiary/aromatic N) is 3. The summed E-state index contributed by atoms with van der Waals surface area (Å²) in [7, 11) is 1.24. The number of halogens is 2. The van der Waals surface area contributed by atoms with Crippen LogP contribution in [0.3, 0.4) is 0 Å². The van der Waals surface area contributed by atoms with E-state index in [1.54, 1.807) is 22.5 Å². The molecule has 5 rings (SSSR count). The Morgan fingerprint density at radius 2 is 2.24 bits per heavy atom. The van der Waals surface area contributed by atoms with Crippen LogP contribution in [0, 0.1) is 23.6 Å². The zero-order chi connectivity index (χ0) is 24.0. The quantitative estimate of drug-likeness (QED) is 0.464. The van der Waals surface area contributed by atoms with Gasteiger partial charge in [-0.25, -0.2) is 14.2 Å². The van der Waals surface area contributed by atoms with Gasteiger partial charge in [0, 0.05) is 35.3 Å². The first-order valence-corrected chi connectivity index (χ1v) is 11.6. The molecule has 1 saturated heterocycles. The van der Waals surface area contributed by atoms with Crippen LogP contribution in [-0.4, -0.2) is 58.5 Å². The third kappa shape index (κ3) is 3.76. The number of aliphatic imine (C=N–C) groups is 1. The van der Waals surface area contributed by atoms with Crippen molar-refractivity contribution in [1.29, 1.82) is 0 Å². The molecule has 0 unspecified atom stereocenters. The van der Waals surface area contributed by atoms with Gasteiger partial charge in [-0.05, 0) is 12.5 Å². The summed E-state index contributed by atoms with van der Waals surface area (Å²) >= 11 is 7.62. The number of esters is 1. The van der Waals surface area contributed by atoms with E-state index in [0.717, 1.165) is 0 Å². The lowest BCUT2D eigenvalue weighted by Crippen LogP contribution is -2.47. The normalized spacial score (nSPS) is 25.4. The molecule has 4 atom stereocenters. The molecule has 174 valence electrons. The number of amidine groups is 1. The summed E-state index contributed by atoms with van der Waals surface area (Å²) in [6.45, 7) is 0.0745. The van der Waals surface area contributed by atoms with Gasteiger partial charge in [-0.1, -0.05) is 35.6 Å². The van der Waals surface area contributed by atoms with Crippen molar-refractivity contribution in [2.24, 2.45) is 10.9 Å². The maximum Gasteiger partial charge on any atom is 0.338 e. The van der Waals surface area contributed by atoms with Crippen LogP contribution in [0.1, 0.15) is 23.0 Å². The van der Waals surface area contributed by atoms with E-state index in [1.807, 2.05) is 0 Å². The second-order valence-electron chi connectivity index (χ2n) is 7.97. The number of methoxy groups -OCH3 is 1. The number of ether oxygens (including phenoxy) is 1. The van der Waals surface area contributed by atoms with Crippen molar-refractivity contribution in [3.05, 3.63) is 62.5 Å². The Bertz CT molecular complexity index is 1300. The Kier molecular flexibility index (Phi) is 5.85. The third-order valence-corrected chi connectivity index (χ3v) is 7.28. The average Bonchev–Trinajstić information content (AvgIpc) is 3.41. The van der Waals surface area contributed by atoms with Crippen LogP contribution in [-0.2, 0) is 14.3 Å². The van der Waals surface area contributed by atoms with E-state index >= 15 is 0 Å². The van der Waals surface area contributed by atoms with Crippen LogP contribution in [0.5, 0.6) is 0 Å². The first-order valence-electron chi connectivity index (χ1n) is 10.4. The van der Waals surface area contributed by atoms with Crippen molar-refractivity contribution in [2.45, 2.75) is 24.5 Å². The highest BCUT2D eigenvalue weighted by molar-refractivity contribution is 7.11. The number of carbonyl (C=O) groups excluding carboxylic acids is 1. The fourth-order valence-corrected chi connectivity index (χ4v) is 5.27. The maximum atomic E-state index is 14.4. The molecule has 1 aromatic heterocycles. The summed E-state index contributed by atoms with van der Waals surface area (Å²) in [6.07, 6.45) is 2.02. The zero-order valence-corrected chi connectivity index (χ0v) is 19.4. The smallest absolute Gasteiger partial charge is 0.338 e. The summed E-state index contributed by atoms with van der Waals surface area (Å²) in [5.41, 5.74) is 0.792. The standard InChI is InChI=1S/C23H18ClFN4O4S/c1-33-23(32)17-14(10-29-15-6-5-11(15)9-16(29)22(30)31)27-20(21-26-7-8-34-21)28-19(17)12-3-2-4-13(25)18(12)24/h2-4,7-8,11,15-16,19H,9-10H2,1H3,(H,27,28)(H,30,31)/t11-,15-,16+,19+/m1/s1. The highest BCUT2D eigenvalue weighted by Gasteiger charge is 2.47. The van der Waals surface area contributed by atoms with Crippen LogP contribution in [0.2, 0.25) is 5.02 Å². The van der Waals surface area contributed by atoms with Gasteiger partial charge in [0.15, 0.2) is 10.8 Å². The molecular weight excluding hydrogens is 483 g/mol. The highest BCUT2D eigenvalue weighted by atomic mass is 35.5. The molecule has 0 amide bonds. The van der Waals surface area contributed by atoms with Crippen LogP contribution < -0.4 is 5.32 Å². The van der Waals surface area contributed by atoms with E-state index in [0.29, 0.717) is 23.0 Å². The predicted molar refractivity (Wildman–Crippen MR) is 123 cm³/mol. The molecule has 0 saturated carbocycles. The molecule has 1 aromatic carbocycles. The maximum absolute atomic E-state index is 14.4. The van der Waals surface area contributed by atoms with Crippen molar-refractivity contribution in [1.82, 2.24) is 15.2 Å². The number of nitrogens with one attached hydrogen (secondary N) is 1. The zero-order valence-electron chi connectivity index (χ0n) is 17.8. The molecule has 34 heavy (non-hydrogen) atoms. The summed E-state index contributed by atoms with van der Waals surface area (Å²) in [4.78, 5) is 35.6. The Balaban J connectivity index is 1.64. The Morgan fingerprint density at radius 1 is 1.41 bits per heavy atom. The van der Waals surface area contributed by atoms with Gasteiger partial charge in [-0.2, -0.15) is 0 Å². The molecule has 3 heterocycles. The Hall–Kier alpha value is -3.26. The van der Waals surface area contributed by atoms with Crippen molar-refractivity contribution in [2.75, 3.05) is 13.7 Å². The van der Waals surface area contributed by atoms with Crippen LogP contribution in [0.4, 0.5) is 4.39 Å². The minimum atomic E-state index is -0.986. The number of aromatic nitrogens is 1. The average molecular weight is 501 g/mol. The molecule has 3 aliphatic rings. The minimum absolute atomic E-state index is 0.0348. The Labute approximate surface area is 203 Å². The van der Waals surface area contributed by atoms with Gasteiger partial charge in [0.2, 0.25) is 0 Å². The molecule has 0 bridgehead atoms. The first kappa shape index (κ1) is 22.5. The number of benzene rings is 1. The molecule has 8 nitrogen and oxygen atoms in total. The third-order valence-electron chi connectivity index (χ3n) is 6.10. The van der Waals surface area contributed by atoms with Gasteiger partial charge in [0.1, 0.15) is 17.9 Å². The van der Waals surface area contributed by atoms with Crippen LogP contribution in [0.25, 0.3) is 0 Å². The number of hydrogen-bond donors (Lipinski definition) is 2. The molecule has 2 aromatic rings. The lowest BCUT2D eigenvalue weighted by Gasteiger charge is -2.33. The monoisotopic (exact) mass is 500 g/mol.